The van der Waals surface area contributed by atoms with Crippen molar-refractivity contribution in [1.82, 2.24) is 25.1 Å². The second-order valence-electron chi connectivity index (χ2n) is 7.40. The van der Waals surface area contributed by atoms with Crippen molar-refractivity contribution in [2.75, 3.05) is 46.2 Å². The van der Waals surface area contributed by atoms with Gasteiger partial charge in [0, 0.05) is 45.1 Å². The normalized spacial score (nSPS) is 16.6. The number of imidazole rings is 1. The fourth-order valence-corrected chi connectivity index (χ4v) is 3.70. The minimum atomic E-state index is -0.637. The maximum atomic E-state index is 12.3. The Balaban J connectivity index is 1.31. The van der Waals surface area contributed by atoms with Gasteiger partial charge >= 0.3 is 11.8 Å². The molecule has 2 aliphatic rings. The quantitative estimate of drug-likeness (QED) is 0.459. The Labute approximate surface area is 180 Å². The van der Waals surface area contributed by atoms with Crippen LogP contribution >= 0.6 is 0 Å². The number of morpholine rings is 1. The lowest BCUT2D eigenvalue weighted by molar-refractivity contribution is -0.139. The van der Waals surface area contributed by atoms with Crippen LogP contribution in [0.2, 0.25) is 0 Å². The molecule has 10 heteroatoms. The van der Waals surface area contributed by atoms with Gasteiger partial charge in [0.2, 0.25) is 6.79 Å². The summed E-state index contributed by atoms with van der Waals surface area (Å²) in [6.45, 7) is 4.41. The van der Waals surface area contributed by atoms with Gasteiger partial charge in [0.25, 0.3) is 0 Å². The van der Waals surface area contributed by atoms with E-state index in [1.807, 2.05) is 29.0 Å². The van der Waals surface area contributed by atoms with Crippen LogP contribution in [0.15, 0.2) is 36.9 Å². The highest BCUT2D eigenvalue weighted by Crippen LogP contribution is 2.35. The van der Waals surface area contributed by atoms with Crippen LogP contribution in [-0.4, -0.2) is 72.5 Å². The smallest absolute Gasteiger partial charge is 0.309 e. The lowest BCUT2D eigenvalue weighted by atomic mass is 10.0. The summed E-state index contributed by atoms with van der Waals surface area (Å²) in [5, 5.41) is 5.45. The third-order valence-electron chi connectivity index (χ3n) is 5.37. The first kappa shape index (κ1) is 21.1. The van der Waals surface area contributed by atoms with Crippen molar-refractivity contribution in [3.63, 3.8) is 0 Å². The molecule has 2 aromatic rings. The molecular formula is C21H27N5O5. The van der Waals surface area contributed by atoms with Gasteiger partial charge in [0.15, 0.2) is 11.5 Å². The molecule has 1 atom stereocenters. The van der Waals surface area contributed by atoms with Gasteiger partial charge in [-0.3, -0.25) is 14.5 Å². The average Bonchev–Trinajstić information content (AvgIpc) is 3.49. The van der Waals surface area contributed by atoms with Crippen molar-refractivity contribution in [2.45, 2.75) is 19.0 Å². The first-order chi connectivity index (χ1) is 15.2. The van der Waals surface area contributed by atoms with E-state index < -0.39 is 11.8 Å². The molecule has 3 heterocycles. The summed E-state index contributed by atoms with van der Waals surface area (Å²) in [5.74, 6) is 0.139. The van der Waals surface area contributed by atoms with E-state index in [0.717, 1.165) is 25.2 Å². The molecular weight excluding hydrogens is 402 g/mol. The number of ether oxygens (including phenoxy) is 3. The molecule has 0 aliphatic carbocycles. The highest BCUT2D eigenvalue weighted by molar-refractivity contribution is 6.35. The summed E-state index contributed by atoms with van der Waals surface area (Å²) >= 11 is 0. The molecule has 0 unspecified atom stereocenters. The standard InChI is InChI=1S/C21H27N5O5/c27-20(23-4-1-6-25-7-5-22-14-25)21(28)24-13-17(26-8-10-29-11-9-26)16-2-3-18-19(12-16)31-15-30-18/h2-3,5,7,12,14,17H,1,4,6,8-11,13,15H2,(H,23,27)(H,24,28)/t17-/m1/s1. The molecule has 2 aliphatic heterocycles. The predicted octanol–water partition coefficient (Wildman–Crippen LogP) is 0.308. The Kier molecular flexibility index (Phi) is 7.00. The number of fused-ring (bicyclic) bond motifs is 1. The second kappa shape index (κ2) is 10.3. The molecule has 0 bridgehead atoms. The minimum Gasteiger partial charge on any atom is -0.454 e. The van der Waals surface area contributed by atoms with Crippen LogP contribution in [0.1, 0.15) is 18.0 Å². The minimum absolute atomic E-state index is 0.101. The van der Waals surface area contributed by atoms with Crippen LogP contribution in [0.25, 0.3) is 0 Å². The number of nitrogens with one attached hydrogen (secondary N) is 2. The van der Waals surface area contributed by atoms with E-state index in [1.165, 1.54) is 0 Å². The molecule has 31 heavy (non-hydrogen) atoms. The zero-order valence-corrected chi connectivity index (χ0v) is 17.3. The molecule has 1 fully saturated rings. The first-order valence-electron chi connectivity index (χ1n) is 10.4. The van der Waals surface area contributed by atoms with Crippen LogP contribution in [0.4, 0.5) is 0 Å². The van der Waals surface area contributed by atoms with Crippen LogP contribution in [0.5, 0.6) is 11.5 Å². The molecule has 2 amide bonds. The molecule has 166 valence electrons. The van der Waals surface area contributed by atoms with Crippen LogP contribution < -0.4 is 20.1 Å². The molecule has 1 aromatic heterocycles. The number of nitrogens with zero attached hydrogens (tertiary/aromatic N) is 3. The van der Waals surface area contributed by atoms with Gasteiger partial charge in [0.05, 0.1) is 25.6 Å². The highest BCUT2D eigenvalue weighted by Gasteiger charge is 2.26. The van der Waals surface area contributed by atoms with Crippen LogP contribution in [0.3, 0.4) is 0 Å². The van der Waals surface area contributed by atoms with Crippen molar-refractivity contribution in [3.05, 3.63) is 42.5 Å². The molecule has 1 aromatic carbocycles. The van der Waals surface area contributed by atoms with Crippen molar-refractivity contribution in [1.29, 1.82) is 0 Å². The fraction of sp³-hybridized carbons (Fsp3) is 0.476. The average molecular weight is 429 g/mol. The molecule has 0 saturated carbocycles. The maximum absolute atomic E-state index is 12.3. The summed E-state index contributed by atoms with van der Waals surface area (Å²) in [6.07, 6.45) is 5.99. The Morgan fingerprint density at radius 3 is 2.71 bits per heavy atom. The first-order valence-corrected chi connectivity index (χ1v) is 10.4. The second-order valence-corrected chi connectivity index (χ2v) is 7.40. The number of aromatic nitrogens is 2. The number of aryl methyl sites for hydroxylation is 1. The van der Waals surface area contributed by atoms with Crippen molar-refractivity contribution >= 4 is 11.8 Å². The molecule has 2 N–H and O–H groups in total. The molecule has 4 rings (SSSR count). The fourth-order valence-electron chi connectivity index (χ4n) is 3.70. The third-order valence-corrected chi connectivity index (χ3v) is 5.37. The summed E-state index contributed by atoms with van der Waals surface area (Å²) in [4.78, 5) is 30.7. The summed E-state index contributed by atoms with van der Waals surface area (Å²) in [7, 11) is 0. The lowest BCUT2D eigenvalue weighted by Crippen LogP contribution is -2.46. The van der Waals surface area contributed by atoms with E-state index in [-0.39, 0.29) is 12.8 Å². The Morgan fingerprint density at radius 1 is 1.10 bits per heavy atom. The summed E-state index contributed by atoms with van der Waals surface area (Å²) in [6, 6.07) is 5.68. The van der Waals surface area contributed by atoms with Gasteiger partial charge in [-0.1, -0.05) is 6.07 Å². The van der Waals surface area contributed by atoms with Gasteiger partial charge in [-0.25, -0.2) is 4.98 Å². The summed E-state index contributed by atoms with van der Waals surface area (Å²) < 4.78 is 18.3. The SMILES string of the molecule is O=C(NCCCn1ccnc1)C(=O)NC[C@H](c1ccc2c(c1)OCO2)N1CCOCC1. The zero-order chi connectivity index (χ0) is 21.5. The van der Waals surface area contributed by atoms with E-state index in [9.17, 15) is 9.59 Å². The number of hydrogen-bond donors (Lipinski definition) is 2. The summed E-state index contributed by atoms with van der Waals surface area (Å²) in [5.41, 5.74) is 0.993. The number of hydrogen-bond acceptors (Lipinski definition) is 7. The highest BCUT2D eigenvalue weighted by atomic mass is 16.7. The monoisotopic (exact) mass is 429 g/mol. The Morgan fingerprint density at radius 2 is 1.90 bits per heavy atom. The third kappa shape index (κ3) is 5.53. The topological polar surface area (TPSA) is 107 Å². The van der Waals surface area contributed by atoms with E-state index in [2.05, 4.69) is 20.5 Å². The van der Waals surface area contributed by atoms with Crippen molar-refractivity contribution in [3.8, 4) is 11.5 Å². The maximum Gasteiger partial charge on any atom is 0.309 e. The predicted molar refractivity (Wildman–Crippen MR) is 111 cm³/mol. The Hall–Kier alpha value is -3.11. The lowest BCUT2D eigenvalue weighted by Gasteiger charge is -2.34. The van der Waals surface area contributed by atoms with Crippen LogP contribution in [0, 0.1) is 0 Å². The van der Waals surface area contributed by atoms with Crippen LogP contribution in [-0.2, 0) is 20.9 Å². The largest absolute Gasteiger partial charge is 0.454 e. The zero-order valence-electron chi connectivity index (χ0n) is 17.3. The van der Waals surface area contributed by atoms with Crippen molar-refractivity contribution < 1.29 is 23.8 Å². The van der Waals surface area contributed by atoms with Gasteiger partial charge in [0.1, 0.15) is 0 Å². The molecule has 0 radical (unpaired) electrons. The number of rotatable bonds is 8. The van der Waals surface area contributed by atoms with E-state index in [4.69, 9.17) is 14.2 Å². The molecule has 1 saturated heterocycles. The van der Waals surface area contributed by atoms with Gasteiger partial charge in [-0.2, -0.15) is 0 Å². The number of benzene rings is 1. The van der Waals surface area contributed by atoms with Gasteiger partial charge < -0.3 is 29.4 Å². The van der Waals surface area contributed by atoms with Gasteiger partial charge in [-0.15, -0.1) is 0 Å². The number of amides is 2. The van der Waals surface area contributed by atoms with E-state index >= 15 is 0 Å². The van der Waals surface area contributed by atoms with Crippen molar-refractivity contribution in [2.24, 2.45) is 0 Å². The Bertz CT molecular complexity index is 882. The number of carbonyl (C=O) groups is 2. The van der Waals surface area contributed by atoms with E-state index in [1.54, 1.807) is 12.5 Å². The van der Waals surface area contributed by atoms with Gasteiger partial charge in [-0.05, 0) is 24.1 Å². The number of carbonyl (C=O) groups excluding carboxylic acids is 2. The van der Waals surface area contributed by atoms with E-state index in [0.29, 0.717) is 44.2 Å². The molecule has 10 nitrogen and oxygen atoms in total. The molecule has 0 spiro atoms.